The van der Waals surface area contributed by atoms with Gasteiger partial charge in [-0.3, -0.25) is 14.9 Å². The molecule has 158 valence electrons. The van der Waals surface area contributed by atoms with Gasteiger partial charge >= 0.3 is 0 Å². The van der Waals surface area contributed by atoms with Gasteiger partial charge in [0.2, 0.25) is 0 Å². The van der Waals surface area contributed by atoms with E-state index in [-0.39, 0.29) is 11.6 Å². The van der Waals surface area contributed by atoms with Crippen LogP contribution in [0.5, 0.6) is 0 Å². The van der Waals surface area contributed by atoms with Crippen molar-refractivity contribution in [3.63, 3.8) is 0 Å². The monoisotopic (exact) mass is 437 g/mol. The lowest BCUT2D eigenvalue weighted by molar-refractivity contribution is -0.385. The standard InChI is InChI=1S/C22H20ClN5O3/c1-15-14-16(6-8-20(15)28(30)31)22(29)27-12-10-26(11-13-27)21-9-7-19(24-25-21)17-4-2-3-5-18(17)23/h2-9,14H,10-13H2,1H3. The van der Waals surface area contributed by atoms with Gasteiger partial charge in [-0.2, -0.15) is 0 Å². The molecule has 2 heterocycles. The predicted octanol–water partition coefficient (Wildman–Crippen LogP) is 3.98. The zero-order valence-corrected chi connectivity index (χ0v) is 17.6. The Balaban J connectivity index is 1.40. The number of rotatable bonds is 4. The zero-order valence-electron chi connectivity index (χ0n) is 16.9. The van der Waals surface area contributed by atoms with Crippen molar-refractivity contribution in [1.82, 2.24) is 15.1 Å². The summed E-state index contributed by atoms with van der Waals surface area (Å²) in [6.07, 6.45) is 0. The number of benzene rings is 2. The number of aromatic nitrogens is 2. The molecule has 3 aromatic rings. The van der Waals surface area contributed by atoms with Crippen molar-refractivity contribution in [1.29, 1.82) is 0 Å². The summed E-state index contributed by atoms with van der Waals surface area (Å²) in [6.45, 7) is 3.94. The SMILES string of the molecule is Cc1cc(C(=O)N2CCN(c3ccc(-c4ccccc4Cl)nn3)CC2)ccc1[N+](=O)[O-]. The Kier molecular flexibility index (Phi) is 5.81. The summed E-state index contributed by atoms with van der Waals surface area (Å²) < 4.78 is 0. The lowest BCUT2D eigenvalue weighted by Crippen LogP contribution is -2.49. The molecule has 9 heteroatoms. The second-order valence-corrected chi connectivity index (χ2v) is 7.70. The average molecular weight is 438 g/mol. The van der Waals surface area contributed by atoms with Gasteiger partial charge in [0.05, 0.1) is 15.6 Å². The van der Waals surface area contributed by atoms with Crippen molar-refractivity contribution in [3.05, 3.63) is 80.9 Å². The van der Waals surface area contributed by atoms with Crippen LogP contribution in [-0.4, -0.2) is 52.1 Å². The molecule has 0 atom stereocenters. The number of piperazine rings is 1. The van der Waals surface area contributed by atoms with Crippen LogP contribution in [-0.2, 0) is 0 Å². The number of carbonyl (C=O) groups excluding carboxylic acids is 1. The molecule has 1 amide bonds. The van der Waals surface area contributed by atoms with Gasteiger partial charge in [0.1, 0.15) is 0 Å². The summed E-state index contributed by atoms with van der Waals surface area (Å²) in [6, 6.07) is 15.8. The van der Waals surface area contributed by atoms with Crippen LogP contribution in [0.4, 0.5) is 11.5 Å². The van der Waals surface area contributed by atoms with Crippen LogP contribution in [0, 0.1) is 17.0 Å². The van der Waals surface area contributed by atoms with E-state index in [0.29, 0.717) is 48.0 Å². The summed E-state index contributed by atoms with van der Waals surface area (Å²) in [5.74, 6) is 0.617. The number of halogens is 1. The van der Waals surface area contributed by atoms with E-state index >= 15 is 0 Å². The van der Waals surface area contributed by atoms with Crippen molar-refractivity contribution in [2.75, 3.05) is 31.1 Å². The van der Waals surface area contributed by atoms with Gasteiger partial charge in [-0.05, 0) is 37.3 Å². The Morgan fingerprint density at radius 3 is 2.39 bits per heavy atom. The van der Waals surface area contributed by atoms with Gasteiger partial charge in [0.15, 0.2) is 5.82 Å². The summed E-state index contributed by atoms with van der Waals surface area (Å²) in [5, 5.41) is 20.2. The molecule has 4 rings (SSSR count). The number of amides is 1. The highest BCUT2D eigenvalue weighted by Crippen LogP contribution is 2.26. The fraction of sp³-hybridized carbons (Fsp3) is 0.227. The Labute approximate surface area is 184 Å². The number of nitrogens with zero attached hydrogens (tertiary/aromatic N) is 5. The first kappa shape index (κ1) is 20.7. The first-order chi connectivity index (χ1) is 14.9. The average Bonchev–Trinajstić information content (AvgIpc) is 2.79. The maximum absolute atomic E-state index is 12.8. The Hall–Kier alpha value is -3.52. The highest BCUT2D eigenvalue weighted by atomic mass is 35.5. The van der Waals surface area contributed by atoms with Crippen LogP contribution in [0.3, 0.4) is 0 Å². The van der Waals surface area contributed by atoms with Crippen LogP contribution in [0.1, 0.15) is 15.9 Å². The fourth-order valence-electron chi connectivity index (χ4n) is 3.62. The summed E-state index contributed by atoms with van der Waals surface area (Å²) >= 11 is 6.23. The lowest BCUT2D eigenvalue weighted by Gasteiger charge is -2.35. The highest BCUT2D eigenvalue weighted by molar-refractivity contribution is 6.33. The van der Waals surface area contributed by atoms with Crippen LogP contribution in [0.15, 0.2) is 54.6 Å². The van der Waals surface area contributed by atoms with Crippen molar-refractivity contribution in [2.24, 2.45) is 0 Å². The second-order valence-electron chi connectivity index (χ2n) is 7.29. The molecule has 0 saturated carbocycles. The number of nitro benzene ring substituents is 1. The fourth-order valence-corrected chi connectivity index (χ4v) is 3.85. The molecular formula is C22H20ClN5O3. The minimum Gasteiger partial charge on any atom is -0.352 e. The van der Waals surface area contributed by atoms with Crippen molar-refractivity contribution in [2.45, 2.75) is 6.92 Å². The maximum atomic E-state index is 12.8. The van der Waals surface area contributed by atoms with Crippen molar-refractivity contribution >= 4 is 29.0 Å². The Bertz CT molecular complexity index is 1130. The van der Waals surface area contributed by atoms with Gasteiger partial charge in [-0.25, -0.2) is 0 Å². The normalized spacial score (nSPS) is 13.9. The third kappa shape index (κ3) is 4.34. The van der Waals surface area contributed by atoms with E-state index in [0.717, 1.165) is 11.4 Å². The largest absolute Gasteiger partial charge is 0.352 e. The molecule has 8 nitrogen and oxygen atoms in total. The third-order valence-electron chi connectivity index (χ3n) is 5.33. The molecule has 0 spiro atoms. The molecule has 2 aromatic carbocycles. The minimum atomic E-state index is -0.444. The molecule has 0 aliphatic carbocycles. The molecule has 1 saturated heterocycles. The Morgan fingerprint density at radius 2 is 1.77 bits per heavy atom. The molecule has 1 aromatic heterocycles. The summed E-state index contributed by atoms with van der Waals surface area (Å²) in [5.41, 5.74) is 2.48. The number of carbonyl (C=O) groups is 1. The quantitative estimate of drug-likeness (QED) is 0.453. The lowest BCUT2D eigenvalue weighted by atomic mass is 10.1. The Morgan fingerprint density at radius 1 is 1.03 bits per heavy atom. The van der Waals surface area contributed by atoms with E-state index in [1.54, 1.807) is 17.9 Å². The van der Waals surface area contributed by atoms with E-state index in [2.05, 4.69) is 15.1 Å². The van der Waals surface area contributed by atoms with Gasteiger partial charge in [-0.15, -0.1) is 10.2 Å². The van der Waals surface area contributed by atoms with E-state index < -0.39 is 4.92 Å². The van der Waals surface area contributed by atoms with Crippen LogP contribution < -0.4 is 4.90 Å². The topological polar surface area (TPSA) is 92.5 Å². The number of nitro groups is 1. The molecule has 0 bridgehead atoms. The van der Waals surface area contributed by atoms with E-state index in [1.165, 1.54) is 12.1 Å². The molecule has 1 aliphatic heterocycles. The van der Waals surface area contributed by atoms with Crippen LogP contribution in [0.2, 0.25) is 5.02 Å². The third-order valence-corrected chi connectivity index (χ3v) is 5.66. The number of anilines is 1. The van der Waals surface area contributed by atoms with E-state index in [1.807, 2.05) is 36.4 Å². The number of hydrogen-bond donors (Lipinski definition) is 0. The van der Waals surface area contributed by atoms with Gasteiger partial charge < -0.3 is 9.80 Å². The first-order valence-electron chi connectivity index (χ1n) is 9.82. The molecule has 0 unspecified atom stereocenters. The molecule has 1 aliphatic rings. The summed E-state index contributed by atoms with van der Waals surface area (Å²) in [7, 11) is 0. The van der Waals surface area contributed by atoms with Crippen molar-refractivity contribution < 1.29 is 9.72 Å². The molecule has 31 heavy (non-hydrogen) atoms. The van der Waals surface area contributed by atoms with Crippen LogP contribution >= 0.6 is 11.6 Å². The van der Waals surface area contributed by atoms with Crippen LogP contribution in [0.25, 0.3) is 11.3 Å². The molecule has 1 fully saturated rings. The molecular weight excluding hydrogens is 418 g/mol. The maximum Gasteiger partial charge on any atom is 0.272 e. The van der Waals surface area contributed by atoms with E-state index in [9.17, 15) is 14.9 Å². The zero-order chi connectivity index (χ0) is 22.0. The van der Waals surface area contributed by atoms with E-state index in [4.69, 9.17) is 11.6 Å². The van der Waals surface area contributed by atoms with Gasteiger partial charge in [0.25, 0.3) is 11.6 Å². The highest BCUT2D eigenvalue weighted by Gasteiger charge is 2.24. The molecule has 0 N–H and O–H groups in total. The predicted molar refractivity (Wildman–Crippen MR) is 118 cm³/mol. The van der Waals surface area contributed by atoms with Crippen molar-refractivity contribution in [3.8, 4) is 11.3 Å². The number of aryl methyl sites for hydroxylation is 1. The van der Waals surface area contributed by atoms with Gasteiger partial charge in [0, 0.05) is 48.9 Å². The minimum absolute atomic E-state index is 0.0141. The first-order valence-corrected chi connectivity index (χ1v) is 10.2. The summed E-state index contributed by atoms with van der Waals surface area (Å²) in [4.78, 5) is 27.2. The second kappa shape index (κ2) is 8.69. The number of hydrogen-bond acceptors (Lipinski definition) is 6. The molecule has 0 radical (unpaired) electrons. The van der Waals surface area contributed by atoms with Gasteiger partial charge in [-0.1, -0.05) is 29.8 Å². The smallest absolute Gasteiger partial charge is 0.272 e.